The van der Waals surface area contributed by atoms with Crippen LogP contribution in [-0.4, -0.2) is 50.6 Å². The Bertz CT molecular complexity index is 661. The highest BCUT2D eigenvalue weighted by Crippen LogP contribution is 2.21. The minimum Gasteiger partial charge on any atom is -0.354 e. The summed E-state index contributed by atoms with van der Waals surface area (Å²) in [5, 5.41) is 11.8. The number of amides is 1. The van der Waals surface area contributed by atoms with E-state index in [2.05, 4.69) is 20.7 Å². The first-order chi connectivity index (χ1) is 11.7. The summed E-state index contributed by atoms with van der Waals surface area (Å²) < 4.78 is 3.70. The van der Waals surface area contributed by atoms with Crippen molar-refractivity contribution in [2.45, 2.75) is 30.5 Å². The first kappa shape index (κ1) is 17.0. The molecule has 0 aliphatic carbocycles. The van der Waals surface area contributed by atoms with Crippen LogP contribution in [0.3, 0.4) is 0 Å². The van der Waals surface area contributed by atoms with Gasteiger partial charge in [-0.05, 0) is 25.5 Å². The number of nitrogens with one attached hydrogen (secondary N) is 2. The molecule has 7 nitrogen and oxygen atoms in total. The second kappa shape index (κ2) is 8.34. The minimum absolute atomic E-state index is 0.00754. The molecule has 1 fully saturated rings. The lowest BCUT2D eigenvalue weighted by molar-refractivity contribution is -0.121. The molecule has 1 amide bonds. The van der Waals surface area contributed by atoms with Crippen molar-refractivity contribution in [3.05, 3.63) is 30.4 Å². The van der Waals surface area contributed by atoms with Crippen LogP contribution in [-0.2, 0) is 18.4 Å². The van der Waals surface area contributed by atoms with E-state index in [1.807, 2.05) is 30.1 Å². The Labute approximate surface area is 146 Å². The molecule has 0 bridgehead atoms. The highest BCUT2D eigenvalue weighted by Gasteiger charge is 2.17. The number of nitrogens with zero attached hydrogens (tertiary/aromatic N) is 4. The zero-order chi connectivity index (χ0) is 16.8. The van der Waals surface area contributed by atoms with Crippen LogP contribution in [0, 0.1) is 0 Å². The van der Waals surface area contributed by atoms with Crippen molar-refractivity contribution >= 4 is 17.7 Å². The Morgan fingerprint density at radius 2 is 2.42 bits per heavy atom. The molecule has 1 aliphatic rings. The predicted octanol–water partition coefficient (Wildman–Crippen LogP) is 0.992. The third kappa shape index (κ3) is 4.61. The third-order valence-electron chi connectivity index (χ3n) is 4.11. The van der Waals surface area contributed by atoms with Crippen LogP contribution < -0.4 is 10.6 Å². The summed E-state index contributed by atoms with van der Waals surface area (Å²) in [4.78, 5) is 16.3. The van der Waals surface area contributed by atoms with Crippen molar-refractivity contribution in [1.82, 2.24) is 30.0 Å². The fourth-order valence-electron chi connectivity index (χ4n) is 2.81. The number of rotatable bonds is 7. The van der Waals surface area contributed by atoms with Crippen molar-refractivity contribution in [1.29, 1.82) is 0 Å². The molecule has 1 saturated heterocycles. The van der Waals surface area contributed by atoms with E-state index >= 15 is 0 Å². The lowest BCUT2D eigenvalue weighted by Gasteiger charge is -2.20. The molecule has 1 atom stereocenters. The van der Waals surface area contributed by atoms with E-state index in [0.29, 0.717) is 12.5 Å². The number of aromatic nitrogens is 4. The van der Waals surface area contributed by atoms with Crippen LogP contribution in [0.4, 0.5) is 0 Å². The molecule has 130 valence electrons. The first-order valence-corrected chi connectivity index (χ1v) is 9.32. The zero-order valence-electron chi connectivity index (χ0n) is 13.9. The van der Waals surface area contributed by atoms with Crippen molar-refractivity contribution in [3.8, 4) is 0 Å². The molecule has 0 unspecified atom stereocenters. The Hall–Kier alpha value is -1.80. The molecular formula is C16H24N6OS. The molecule has 0 aromatic carbocycles. The number of thioether (sulfide) groups is 1. The molecule has 3 rings (SSSR count). The van der Waals surface area contributed by atoms with E-state index < -0.39 is 0 Å². The number of hydrogen-bond donors (Lipinski definition) is 2. The second-order valence-corrected chi connectivity index (χ2v) is 7.06. The zero-order valence-corrected chi connectivity index (χ0v) is 14.8. The van der Waals surface area contributed by atoms with Gasteiger partial charge < -0.3 is 15.2 Å². The largest absolute Gasteiger partial charge is 0.354 e. The average Bonchev–Trinajstić information content (AvgIpc) is 3.22. The van der Waals surface area contributed by atoms with Crippen molar-refractivity contribution in [2.24, 2.45) is 7.05 Å². The summed E-state index contributed by atoms with van der Waals surface area (Å²) in [6.07, 6.45) is 7.94. The quantitative estimate of drug-likeness (QED) is 0.576. The van der Waals surface area contributed by atoms with E-state index in [1.54, 1.807) is 22.6 Å². The lowest BCUT2D eigenvalue weighted by atomic mass is 9.97. The predicted molar refractivity (Wildman–Crippen MR) is 94.0 cm³/mol. The minimum atomic E-state index is -0.00754. The monoisotopic (exact) mass is 348 g/mol. The molecule has 0 saturated carbocycles. The van der Waals surface area contributed by atoms with Crippen LogP contribution in [0.15, 0.2) is 29.8 Å². The standard InChI is InChI=1S/C16H24N6OS/c1-21-9-6-19-16(21)24-10-7-18-15(23)12-22-8-4-14(20-22)13-3-2-5-17-11-13/h4,6,8-9,13,17H,2-3,5,7,10-12H2,1H3,(H,18,23)/t13-/m1/s1. The van der Waals surface area contributed by atoms with Crippen molar-refractivity contribution in [3.63, 3.8) is 0 Å². The molecule has 24 heavy (non-hydrogen) atoms. The fraction of sp³-hybridized carbons (Fsp3) is 0.562. The summed E-state index contributed by atoms with van der Waals surface area (Å²) >= 11 is 1.63. The van der Waals surface area contributed by atoms with Gasteiger partial charge in [-0.15, -0.1) is 0 Å². The molecule has 8 heteroatoms. The topological polar surface area (TPSA) is 76.8 Å². The fourth-order valence-corrected chi connectivity index (χ4v) is 3.60. The summed E-state index contributed by atoms with van der Waals surface area (Å²) in [6.45, 7) is 2.97. The van der Waals surface area contributed by atoms with E-state index in [0.717, 1.165) is 29.7 Å². The highest BCUT2D eigenvalue weighted by molar-refractivity contribution is 7.99. The molecule has 3 heterocycles. The van der Waals surface area contributed by atoms with E-state index in [-0.39, 0.29) is 12.5 Å². The Morgan fingerprint density at radius 1 is 1.50 bits per heavy atom. The van der Waals surface area contributed by atoms with Gasteiger partial charge in [-0.25, -0.2) is 4.98 Å². The van der Waals surface area contributed by atoms with Gasteiger partial charge in [0.1, 0.15) is 6.54 Å². The molecule has 0 radical (unpaired) electrons. The summed E-state index contributed by atoms with van der Waals surface area (Å²) in [5.41, 5.74) is 1.08. The number of carbonyl (C=O) groups excluding carboxylic acids is 1. The Balaban J connectivity index is 1.38. The van der Waals surface area contributed by atoms with Gasteiger partial charge in [0.2, 0.25) is 5.91 Å². The second-order valence-electron chi connectivity index (χ2n) is 6.00. The lowest BCUT2D eigenvalue weighted by Crippen LogP contribution is -2.30. The average molecular weight is 348 g/mol. The van der Waals surface area contributed by atoms with Gasteiger partial charge in [0.15, 0.2) is 5.16 Å². The number of hydrogen-bond acceptors (Lipinski definition) is 5. The number of aryl methyl sites for hydroxylation is 1. The van der Waals surface area contributed by atoms with Gasteiger partial charge in [0.25, 0.3) is 0 Å². The number of carbonyl (C=O) groups is 1. The van der Waals surface area contributed by atoms with Gasteiger partial charge in [-0.1, -0.05) is 11.8 Å². The Kier molecular flexibility index (Phi) is 5.92. The van der Waals surface area contributed by atoms with Crippen LogP contribution in [0.25, 0.3) is 0 Å². The summed E-state index contributed by atoms with van der Waals surface area (Å²) in [6, 6.07) is 2.03. The van der Waals surface area contributed by atoms with Gasteiger partial charge in [0.05, 0.1) is 5.69 Å². The van der Waals surface area contributed by atoms with Crippen LogP contribution >= 0.6 is 11.8 Å². The molecular weight excluding hydrogens is 324 g/mol. The van der Waals surface area contributed by atoms with E-state index in [9.17, 15) is 4.79 Å². The highest BCUT2D eigenvalue weighted by atomic mass is 32.2. The molecule has 1 aliphatic heterocycles. The molecule has 2 N–H and O–H groups in total. The van der Waals surface area contributed by atoms with Crippen LogP contribution in [0.5, 0.6) is 0 Å². The van der Waals surface area contributed by atoms with E-state index in [4.69, 9.17) is 0 Å². The molecule has 0 spiro atoms. The maximum Gasteiger partial charge on any atom is 0.241 e. The van der Waals surface area contributed by atoms with E-state index in [1.165, 1.54) is 12.8 Å². The molecule has 2 aromatic rings. The van der Waals surface area contributed by atoms with Gasteiger partial charge in [-0.3, -0.25) is 9.48 Å². The molecule has 2 aromatic heterocycles. The smallest absolute Gasteiger partial charge is 0.241 e. The van der Waals surface area contributed by atoms with Gasteiger partial charge in [-0.2, -0.15) is 5.10 Å². The maximum absolute atomic E-state index is 12.0. The Morgan fingerprint density at radius 3 is 3.17 bits per heavy atom. The SMILES string of the molecule is Cn1ccnc1SCCNC(=O)Cn1ccc([C@@H]2CCCNC2)n1. The summed E-state index contributed by atoms with van der Waals surface area (Å²) in [7, 11) is 1.96. The maximum atomic E-state index is 12.0. The third-order valence-corrected chi connectivity index (χ3v) is 5.17. The normalized spacial score (nSPS) is 17.8. The number of piperidine rings is 1. The van der Waals surface area contributed by atoms with Crippen LogP contribution in [0.1, 0.15) is 24.5 Å². The van der Waals surface area contributed by atoms with Crippen molar-refractivity contribution in [2.75, 3.05) is 25.4 Å². The first-order valence-electron chi connectivity index (χ1n) is 8.33. The van der Waals surface area contributed by atoms with Crippen molar-refractivity contribution < 1.29 is 4.79 Å². The number of imidazole rings is 1. The van der Waals surface area contributed by atoms with Gasteiger partial charge in [0, 0.05) is 50.4 Å². The summed E-state index contributed by atoms with van der Waals surface area (Å²) in [5.74, 6) is 1.26. The van der Waals surface area contributed by atoms with Gasteiger partial charge >= 0.3 is 0 Å². The van der Waals surface area contributed by atoms with Crippen LogP contribution in [0.2, 0.25) is 0 Å².